The third-order valence-corrected chi connectivity index (χ3v) is 10.8. The summed E-state index contributed by atoms with van der Waals surface area (Å²) in [7, 11) is -2.40. The number of para-hydroxylation sites is 1. The Morgan fingerprint density at radius 2 is 0.939 bits per heavy atom. The topological polar surface area (TPSA) is 22.1 Å². The van der Waals surface area contributed by atoms with E-state index >= 15 is 0 Å². The Bertz CT molecular complexity index is 1200. The zero-order valence-corrected chi connectivity index (χ0v) is 19.3. The van der Waals surface area contributed by atoms with Gasteiger partial charge in [0.2, 0.25) is 0 Å². The first kappa shape index (κ1) is 21.1. The quantitative estimate of drug-likeness (QED) is 0.281. The molecule has 0 fully saturated rings. The van der Waals surface area contributed by atoms with Crippen LogP contribution in [0.4, 0.5) is 0 Å². The van der Waals surface area contributed by atoms with Gasteiger partial charge in [-0.1, -0.05) is 0 Å². The van der Waals surface area contributed by atoms with Crippen molar-refractivity contribution in [2.45, 2.75) is 6.16 Å². The van der Waals surface area contributed by atoms with E-state index in [1.165, 1.54) is 15.9 Å². The van der Waals surface area contributed by atoms with Gasteiger partial charge in [-0.15, -0.1) is 0 Å². The molecule has 162 valence electrons. The first-order valence-corrected chi connectivity index (χ1v) is 13.4. The SMILES string of the molecule is c1ccc(Oc2cccc(C[PH](c3ccccc3)(c3ccccc3)c3ccccc3)n2)cc1. The first-order chi connectivity index (χ1) is 16.3. The normalized spacial score (nSPS) is 11.6. The van der Waals surface area contributed by atoms with Crippen LogP contribution in [0.1, 0.15) is 5.69 Å². The molecule has 0 bridgehead atoms. The molecular formula is C30H26NOP. The van der Waals surface area contributed by atoms with Crippen LogP contribution in [0.15, 0.2) is 140 Å². The molecule has 1 aromatic heterocycles. The van der Waals surface area contributed by atoms with Crippen LogP contribution in [0.2, 0.25) is 0 Å². The van der Waals surface area contributed by atoms with Gasteiger partial charge in [-0.05, 0) is 0 Å². The Morgan fingerprint density at radius 3 is 1.42 bits per heavy atom. The second-order valence-corrected chi connectivity index (χ2v) is 12.0. The minimum atomic E-state index is -2.40. The van der Waals surface area contributed by atoms with E-state index in [0.29, 0.717) is 5.88 Å². The number of nitrogens with zero attached hydrogens (tertiary/aromatic N) is 1. The van der Waals surface area contributed by atoms with Crippen LogP contribution in [0.5, 0.6) is 11.6 Å². The molecule has 0 unspecified atom stereocenters. The van der Waals surface area contributed by atoms with E-state index in [2.05, 4.69) is 97.1 Å². The molecule has 0 saturated carbocycles. The van der Waals surface area contributed by atoms with E-state index in [4.69, 9.17) is 9.72 Å². The van der Waals surface area contributed by atoms with Crippen molar-refractivity contribution in [2.75, 3.05) is 0 Å². The average molecular weight is 448 g/mol. The minimum absolute atomic E-state index is 0.621. The number of benzene rings is 4. The fourth-order valence-electron chi connectivity index (χ4n) is 4.47. The summed E-state index contributed by atoms with van der Waals surface area (Å²) in [6.45, 7) is 0. The van der Waals surface area contributed by atoms with E-state index < -0.39 is 7.26 Å². The van der Waals surface area contributed by atoms with E-state index in [-0.39, 0.29) is 0 Å². The average Bonchev–Trinajstić information content (AvgIpc) is 2.90. The molecule has 0 saturated heterocycles. The molecule has 5 rings (SSSR count). The second-order valence-electron chi connectivity index (χ2n) is 8.06. The maximum atomic E-state index is 6.05. The Balaban J connectivity index is 1.64. The molecule has 2 nitrogen and oxygen atoms in total. The fourth-order valence-corrected chi connectivity index (χ4v) is 9.11. The fraction of sp³-hybridized carbons (Fsp3) is 0.0333. The van der Waals surface area contributed by atoms with Crippen molar-refractivity contribution in [1.29, 1.82) is 0 Å². The molecule has 0 radical (unpaired) electrons. The number of hydrogen-bond acceptors (Lipinski definition) is 2. The van der Waals surface area contributed by atoms with E-state index in [9.17, 15) is 0 Å². The summed E-state index contributed by atoms with van der Waals surface area (Å²) in [5, 5.41) is 4.12. The van der Waals surface area contributed by atoms with Crippen molar-refractivity contribution >= 4 is 23.2 Å². The van der Waals surface area contributed by atoms with Gasteiger partial charge in [0.1, 0.15) is 0 Å². The summed E-state index contributed by atoms with van der Waals surface area (Å²) in [6.07, 6.45) is 0.844. The van der Waals surface area contributed by atoms with Gasteiger partial charge in [0, 0.05) is 0 Å². The Morgan fingerprint density at radius 1 is 0.485 bits per heavy atom. The molecule has 3 heteroatoms. The van der Waals surface area contributed by atoms with Gasteiger partial charge >= 0.3 is 196 Å². The van der Waals surface area contributed by atoms with Crippen molar-refractivity contribution in [2.24, 2.45) is 0 Å². The van der Waals surface area contributed by atoms with Gasteiger partial charge in [-0.25, -0.2) is 0 Å². The zero-order chi connectivity index (χ0) is 22.3. The number of aromatic nitrogens is 1. The van der Waals surface area contributed by atoms with Crippen LogP contribution >= 0.6 is 7.26 Å². The molecule has 0 amide bonds. The van der Waals surface area contributed by atoms with E-state index in [0.717, 1.165) is 17.6 Å². The van der Waals surface area contributed by atoms with Crippen LogP contribution in [0, 0.1) is 0 Å². The third kappa shape index (κ3) is 4.58. The molecule has 4 aromatic carbocycles. The summed E-state index contributed by atoms with van der Waals surface area (Å²) in [5.74, 6) is 1.41. The van der Waals surface area contributed by atoms with Crippen LogP contribution in [0.25, 0.3) is 0 Å². The summed E-state index contributed by atoms with van der Waals surface area (Å²) in [6, 6.07) is 48.7. The van der Waals surface area contributed by atoms with Gasteiger partial charge in [0.25, 0.3) is 0 Å². The molecule has 0 aliphatic carbocycles. The van der Waals surface area contributed by atoms with Crippen molar-refractivity contribution in [3.8, 4) is 11.6 Å². The predicted molar refractivity (Wildman–Crippen MR) is 141 cm³/mol. The number of ether oxygens (including phenoxy) is 1. The van der Waals surface area contributed by atoms with Crippen LogP contribution in [0.3, 0.4) is 0 Å². The van der Waals surface area contributed by atoms with Crippen molar-refractivity contribution < 1.29 is 4.74 Å². The van der Waals surface area contributed by atoms with Gasteiger partial charge in [0.15, 0.2) is 0 Å². The Hall–Kier alpha value is -3.74. The van der Waals surface area contributed by atoms with Crippen molar-refractivity contribution in [3.05, 3.63) is 145 Å². The first-order valence-electron chi connectivity index (χ1n) is 11.2. The summed E-state index contributed by atoms with van der Waals surface area (Å²) in [5.41, 5.74) is 1.03. The summed E-state index contributed by atoms with van der Waals surface area (Å²) >= 11 is 0. The molecule has 0 atom stereocenters. The molecule has 5 aromatic rings. The predicted octanol–water partition coefficient (Wildman–Crippen LogP) is 6.10. The van der Waals surface area contributed by atoms with Crippen molar-refractivity contribution in [3.63, 3.8) is 0 Å². The van der Waals surface area contributed by atoms with Crippen LogP contribution in [-0.4, -0.2) is 4.98 Å². The molecule has 33 heavy (non-hydrogen) atoms. The van der Waals surface area contributed by atoms with Crippen molar-refractivity contribution in [1.82, 2.24) is 4.98 Å². The summed E-state index contributed by atoms with van der Waals surface area (Å²) in [4.78, 5) is 4.94. The van der Waals surface area contributed by atoms with E-state index in [1.54, 1.807) is 0 Å². The molecule has 1 heterocycles. The van der Waals surface area contributed by atoms with Gasteiger partial charge in [-0.2, -0.15) is 0 Å². The van der Waals surface area contributed by atoms with Crippen LogP contribution < -0.4 is 20.7 Å². The maximum absolute atomic E-state index is 6.05. The van der Waals surface area contributed by atoms with Gasteiger partial charge in [0.05, 0.1) is 0 Å². The standard InChI is InChI=1S/C30H26NOP/c1-5-15-26(16-6-1)32-30-23-13-14-25(31-30)24-33(27-17-7-2-8-18-27,28-19-9-3-10-20-28)29-21-11-4-12-22-29/h1-23,33H,24H2. The molecule has 0 N–H and O–H groups in total. The Kier molecular flexibility index (Phi) is 6.28. The molecule has 0 spiro atoms. The van der Waals surface area contributed by atoms with Gasteiger partial charge in [-0.3, -0.25) is 0 Å². The van der Waals surface area contributed by atoms with Crippen LogP contribution in [-0.2, 0) is 6.16 Å². The number of pyridine rings is 1. The molecule has 0 aliphatic rings. The summed E-state index contributed by atoms with van der Waals surface area (Å²) < 4.78 is 6.05. The van der Waals surface area contributed by atoms with Gasteiger partial charge < -0.3 is 0 Å². The third-order valence-electron chi connectivity index (χ3n) is 5.99. The van der Waals surface area contributed by atoms with E-state index in [1.807, 2.05) is 42.5 Å². The molecule has 0 aliphatic heterocycles. The number of hydrogen-bond donors (Lipinski definition) is 0. The number of rotatable bonds is 7. The monoisotopic (exact) mass is 447 g/mol. The zero-order valence-electron chi connectivity index (χ0n) is 18.3. The molecular weight excluding hydrogens is 421 g/mol. The Labute approximate surface area is 195 Å². The second kappa shape index (κ2) is 9.81.